The summed E-state index contributed by atoms with van der Waals surface area (Å²) in [5.41, 5.74) is 2.31. The molecule has 9 nitrogen and oxygen atoms in total. The van der Waals surface area contributed by atoms with E-state index in [-0.39, 0.29) is 29.4 Å². The molecule has 3 aliphatic heterocycles. The Morgan fingerprint density at radius 2 is 1.49 bits per heavy atom. The van der Waals surface area contributed by atoms with E-state index in [4.69, 9.17) is 0 Å². The highest BCUT2D eigenvalue weighted by molar-refractivity contribution is 7.91. The molecule has 3 aliphatic rings. The van der Waals surface area contributed by atoms with Crippen LogP contribution in [0.4, 0.5) is 4.79 Å². The molecule has 1 unspecified atom stereocenters. The van der Waals surface area contributed by atoms with Crippen molar-refractivity contribution in [2.24, 2.45) is 5.92 Å². The number of hydrazine groups is 1. The van der Waals surface area contributed by atoms with E-state index >= 15 is 0 Å². The summed E-state index contributed by atoms with van der Waals surface area (Å²) < 4.78 is 23.6. The average Bonchev–Trinajstić information content (AvgIpc) is 3.37. The summed E-state index contributed by atoms with van der Waals surface area (Å²) >= 11 is 0. The van der Waals surface area contributed by atoms with Crippen molar-refractivity contribution in [3.8, 4) is 0 Å². The van der Waals surface area contributed by atoms with Gasteiger partial charge in [0.25, 0.3) is 5.91 Å². The molecule has 10 heteroatoms. The SMILES string of the molecule is O=C(NN1C(=O)NC(c2ccccc2)(c2ccccc2)C1=O)C1CCN(C2CCS(=O)(=O)C2)CC1. The van der Waals surface area contributed by atoms with E-state index in [9.17, 15) is 22.8 Å². The molecule has 3 fully saturated rings. The van der Waals surface area contributed by atoms with Crippen molar-refractivity contribution in [2.45, 2.75) is 30.8 Å². The van der Waals surface area contributed by atoms with Gasteiger partial charge in [0.05, 0.1) is 11.5 Å². The molecule has 2 aromatic rings. The lowest BCUT2D eigenvalue weighted by Gasteiger charge is -2.35. The summed E-state index contributed by atoms with van der Waals surface area (Å²) in [5, 5.41) is 3.61. The average molecular weight is 497 g/mol. The summed E-state index contributed by atoms with van der Waals surface area (Å²) in [6, 6.07) is 17.3. The Morgan fingerprint density at radius 3 is 2.00 bits per heavy atom. The maximum atomic E-state index is 13.7. The van der Waals surface area contributed by atoms with E-state index in [2.05, 4.69) is 15.6 Å². The molecule has 35 heavy (non-hydrogen) atoms. The van der Waals surface area contributed by atoms with Gasteiger partial charge in [0, 0.05) is 12.0 Å². The zero-order valence-corrected chi connectivity index (χ0v) is 20.0. The number of amides is 4. The molecule has 2 aromatic carbocycles. The van der Waals surface area contributed by atoms with Crippen LogP contribution in [0.3, 0.4) is 0 Å². The van der Waals surface area contributed by atoms with E-state index < -0.39 is 27.3 Å². The quantitative estimate of drug-likeness (QED) is 0.605. The predicted molar refractivity (Wildman–Crippen MR) is 129 cm³/mol. The normalized spacial score (nSPS) is 24.3. The van der Waals surface area contributed by atoms with Crippen molar-refractivity contribution in [3.05, 3.63) is 71.8 Å². The number of hydrogen-bond donors (Lipinski definition) is 2. The summed E-state index contributed by atoms with van der Waals surface area (Å²) in [6.45, 7) is 1.22. The van der Waals surface area contributed by atoms with E-state index in [0.717, 1.165) is 5.01 Å². The standard InChI is InChI=1S/C25H28N4O5S/c30-22(18-11-14-28(15-12-18)21-13-16-35(33,34)17-21)27-29-23(31)25(26-24(29)32,19-7-3-1-4-8-19)20-9-5-2-6-10-20/h1-10,18,21H,11-17H2,(H,26,32)(H,27,30). The third-order valence-electron chi connectivity index (χ3n) is 7.28. The third kappa shape index (κ3) is 4.32. The molecule has 0 bridgehead atoms. The molecule has 0 saturated carbocycles. The Balaban J connectivity index is 1.30. The highest BCUT2D eigenvalue weighted by Gasteiger charge is 2.54. The summed E-state index contributed by atoms with van der Waals surface area (Å²) in [7, 11) is -2.97. The van der Waals surface area contributed by atoms with Crippen LogP contribution in [0.25, 0.3) is 0 Å². The molecule has 0 aliphatic carbocycles. The predicted octanol–water partition coefficient (Wildman–Crippen LogP) is 1.41. The van der Waals surface area contributed by atoms with Crippen LogP contribution in [-0.4, -0.2) is 66.8 Å². The zero-order chi connectivity index (χ0) is 24.6. The van der Waals surface area contributed by atoms with Crippen molar-refractivity contribution in [1.29, 1.82) is 0 Å². The number of likely N-dealkylation sites (tertiary alicyclic amines) is 1. The van der Waals surface area contributed by atoms with Gasteiger partial charge in [0.15, 0.2) is 15.4 Å². The van der Waals surface area contributed by atoms with Crippen LogP contribution in [0.5, 0.6) is 0 Å². The van der Waals surface area contributed by atoms with Crippen molar-refractivity contribution >= 4 is 27.7 Å². The number of sulfone groups is 1. The number of urea groups is 1. The summed E-state index contributed by atoms with van der Waals surface area (Å²) in [6.07, 6.45) is 1.70. The Labute approximate surface area is 204 Å². The lowest BCUT2D eigenvalue weighted by molar-refractivity contribution is -0.140. The number of carbonyl (C=O) groups excluding carboxylic acids is 3. The van der Waals surface area contributed by atoms with Gasteiger partial charge in [-0.15, -0.1) is 0 Å². The number of nitrogens with zero attached hydrogens (tertiary/aromatic N) is 2. The van der Waals surface area contributed by atoms with Gasteiger partial charge in [-0.3, -0.25) is 19.9 Å². The zero-order valence-electron chi connectivity index (χ0n) is 19.2. The fraction of sp³-hybridized carbons (Fsp3) is 0.400. The van der Waals surface area contributed by atoms with Crippen LogP contribution in [0.15, 0.2) is 60.7 Å². The van der Waals surface area contributed by atoms with Crippen LogP contribution in [0, 0.1) is 5.92 Å². The number of carbonyl (C=O) groups is 3. The first-order valence-corrected chi connectivity index (χ1v) is 13.6. The number of benzene rings is 2. The Bertz CT molecular complexity index is 1190. The molecule has 2 N–H and O–H groups in total. The van der Waals surface area contributed by atoms with Gasteiger partial charge in [-0.1, -0.05) is 60.7 Å². The lowest BCUT2D eigenvalue weighted by Crippen LogP contribution is -2.52. The van der Waals surface area contributed by atoms with E-state index in [1.54, 1.807) is 48.5 Å². The van der Waals surface area contributed by atoms with Crippen LogP contribution in [0.2, 0.25) is 0 Å². The number of imide groups is 1. The molecular formula is C25H28N4O5S. The number of rotatable bonds is 5. The molecule has 5 rings (SSSR count). The van der Waals surface area contributed by atoms with Gasteiger partial charge in [0.2, 0.25) is 5.91 Å². The molecule has 184 valence electrons. The van der Waals surface area contributed by atoms with Crippen LogP contribution in [-0.2, 0) is 25.0 Å². The first kappa shape index (κ1) is 23.5. The Kier molecular flexibility index (Phi) is 6.10. The number of piperidine rings is 1. The van der Waals surface area contributed by atoms with Gasteiger partial charge in [-0.05, 0) is 43.5 Å². The minimum Gasteiger partial charge on any atom is -0.314 e. The lowest BCUT2D eigenvalue weighted by atomic mass is 9.83. The Morgan fingerprint density at radius 1 is 0.914 bits per heavy atom. The fourth-order valence-corrected chi connectivity index (χ4v) is 7.12. The molecular weight excluding hydrogens is 468 g/mol. The van der Waals surface area contributed by atoms with Gasteiger partial charge in [-0.2, -0.15) is 5.01 Å². The first-order chi connectivity index (χ1) is 16.8. The number of hydrogen-bond acceptors (Lipinski definition) is 6. The van der Waals surface area contributed by atoms with Crippen LogP contribution >= 0.6 is 0 Å². The number of nitrogens with one attached hydrogen (secondary N) is 2. The molecule has 4 amide bonds. The van der Waals surface area contributed by atoms with Gasteiger partial charge >= 0.3 is 6.03 Å². The Hall–Kier alpha value is -3.24. The van der Waals surface area contributed by atoms with E-state index in [1.807, 2.05) is 12.1 Å². The molecule has 0 radical (unpaired) electrons. The smallest absolute Gasteiger partial charge is 0.314 e. The van der Waals surface area contributed by atoms with Crippen LogP contribution < -0.4 is 10.7 Å². The van der Waals surface area contributed by atoms with Crippen molar-refractivity contribution in [1.82, 2.24) is 20.7 Å². The van der Waals surface area contributed by atoms with Crippen molar-refractivity contribution < 1.29 is 22.8 Å². The first-order valence-electron chi connectivity index (χ1n) is 11.8. The highest BCUT2D eigenvalue weighted by atomic mass is 32.2. The van der Waals surface area contributed by atoms with Crippen molar-refractivity contribution in [3.63, 3.8) is 0 Å². The second kappa shape index (κ2) is 9.09. The highest BCUT2D eigenvalue weighted by Crippen LogP contribution is 2.35. The minimum atomic E-state index is -2.97. The second-order valence-electron chi connectivity index (χ2n) is 9.40. The van der Waals surface area contributed by atoms with Gasteiger partial charge in [-0.25, -0.2) is 13.2 Å². The van der Waals surface area contributed by atoms with Crippen LogP contribution in [0.1, 0.15) is 30.4 Å². The molecule has 3 heterocycles. The minimum absolute atomic E-state index is 0.00677. The third-order valence-corrected chi connectivity index (χ3v) is 9.03. The summed E-state index contributed by atoms with van der Waals surface area (Å²) in [5.74, 6) is -0.929. The van der Waals surface area contributed by atoms with E-state index in [0.29, 0.717) is 43.5 Å². The molecule has 1 atom stereocenters. The largest absolute Gasteiger partial charge is 0.344 e. The monoisotopic (exact) mass is 496 g/mol. The van der Waals surface area contributed by atoms with E-state index in [1.165, 1.54) is 0 Å². The molecule has 0 aromatic heterocycles. The maximum absolute atomic E-state index is 13.7. The van der Waals surface area contributed by atoms with Gasteiger partial charge in [0.1, 0.15) is 0 Å². The van der Waals surface area contributed by atoms with Crippen molar-refractivity contribution in [2.75, 3.05) is 24.6 Å². The summed E-state index contributed by atoms with van der Waals surface area (Å²) in [4.78, 5) is 41.9. The van der Waals surface area contributed by atoms with Gasteiger partial charge < -0.3 is 5.32 Å². The molecule has 0 spiro atoms. The second-order valence-corrected chi connectivity index (χ2v) is 11.6. The maximum Gasteiger partial charge on any atom is 0.344 e. The molecule has 3 saturated heterocycles. The topological polar surface area (TPSA) is 116 Å². The fourth-order valence-electron chi connectivity index (χ4n) is 5.36.